The Bertz CT molecular complexity index is 196. The van der Waals surface area contributed by atoms with Crippen LogP contribution >= 0.6 is 0 Å². The van der Waals surface area contributed by atoms with Crippen molar-refractivity contribution in [3.63, 3.8) is 0 Å². The highest BCUT2D eigenvalue weighted by Gasteiger charge is 2.42. The molecule has 1 atom stereocenters. The maximum atomic E-state index is 11.1. The lowest BCUT2D eigenvalue weighted by atomic mass is 9.94. The van der Waals surface area contributed by atoms with Crippen LogP contribution in [0.4, 0.5) is 0 Å². The average Bonchev–Trinajstić information content (AvgIpc) is 2.19. The molecule has 0 aliphatic carbocycles. The van der Waals surface area contributed by atoms with Crippen molar-refractivity contribution in [3.05, 3.63) is 0 Å². The minimum Gasteiger partial charge on any atom is -0.479 e. The van der Waals surface area contributed by atoms with Crippen molar-refractivity contribution in [1.82, 2.24) is 0 Å². The summed E-state index contributed by atoms with van der Waals surface area (Å²) in [5.74, 6) is -0.860. The molecule has 0 aromatic rings. The molecule has 1 N–H and O–H groups in total. The first-order chi connectivity index (χ1) is 6.60. The number of carboxylic acid groups (broad SMARTS) is 1. The number of rotatable bonds is 4. The molecule has 1 heterocycles. The topological polar surface area (TPSA) is 55.8 Å². The van der Waals surface area contributed by atoms with Gasteiger partial charge in [0.25, 0.3) is 0 Å². The molecule has 1 aliphatic rings. The second kappa shape index (κ2) is 4.75. The zero-order chi connectivity index (χ0) is 10.6. The van der Waals surface area contributed by atoms with E-state index in [0.29, 0.717) is 26.1 Å². The van der Waals surface area contributed by atoms with Crippen LogP contribution in [0.15, 0.2) is 0 Å². The van der Waals surface area contributed by atoms with Gasteiger partial charge in [0, 0.05) is 26.1 Å². The fraction of sp³-hybridized carbons (Fsp3) is 0.900. The Labute approximate surface area is 84.2 Å². The molecule has 4 nitrogen and oxygen atoms in total. The van der Waals surface area contributed by atoms with Crippen LogP contribution in [-0.2, 0) is 14.3 Å². The maximum Gasteiger partial charge on any atom is 0.336 e. The lowest BCUT2D eigenvalue weighted by Crippen LogP contribution is -2.48. The van der Waals surface area contributed by atoms with Crippen molar-refractivity contribution in [1.29, 1.82) is 0 Å². The number of ether oxygens (including phenoxy) is 2. The first-order valence-electron chi connectivity index (χ1n) is 5.09. The van der Waals surface area contributed by atoms with Gasteiger partial charge in [-0.1, -0.05) is 6.92 Å². The molecule has 0 spiro atoms. The van der Waals surface area contributed by atoms with Crippen LogP contribution < -0.4 is 0 Å². The Hall–Kier alpha value is -0.610. The molecule has 0 radical (unpaired) electrons. The molecule has 4 heteroatoms. The highest BCUT2D eigenvalue weighted by atomic mass is 16.5. The molecule has 0 aromatic carbocycles. The normalized spacial score (nSPS) is 23.0. The summed E-state index contributed by atoms with van der Waals surface area (Å²) in [6, 6.07) is 0. The summed E-state index contributed by atoms with van der Waals surface area (Å²) in [6.07, 6.45) is 1.72. The van der Waals surface area contributed by atoms with E-state index < -0.39 is 11.6 Å². The lowest BCUT2D eigenvalue weighted by Gasteiger charge is -2.35. The molecule has 1 unspecified atom stereocenters. The fourth-order valence-electron chi connectivity index (χ4n) is 1.55. The smallest absolute Gasteiger partial charge is 0.336 e. The molecule has 0 bridgehead atoms. The van der Waals surface area contributed by atoms with Crippen LogP contribution in [-0.4, -0.2) is 36.0 Å². The van der Waals surface area contributed by atoms with E-state index in [1.807, 2.05) is 13.8 Å². The Morgan fingerprint density at radius 1 is 1.57 bits per heavy atom. The van der Waals surface area contributed by atoms with Crippen LogP contribution in [0, 0.1) is 0 Å². The quantitative estimate of drug-likeness (QED) is 0.749. The van der Waals surface area contributed by atoms with Gasteiger partial charge in [-0.05, 0) is 13.3 Å². The zero-order valence-electron chi connectivity index (χ0n) is 8.78. The third-order valence-electron chi connectivity index (χ3n) is 2.69. The van der Waals surface area contributed by atoms with E-state index in [2.05, 4.69) is 0 Å². The molecule has 14 heavy (non-hydrogen) atoms. The maximum absolute atomic E-state index is 11.1. The monoisotopic (exact) mass is 202 g/mol. The Morgan fingerprint density at radius 2 is 2.14 bits per heavy atom. The molecular formula is C10H18O4. The number of carboxylic acids is 1. The van der Waals surface area contributed by atoms with Crippen molar-refractivity contribution in [2.45, 2.75) is 44.8 Å². The molecule has 1 aliphatic heterocycles. The second-order valence-electron chi connectivity index (χ2n) is 3.75. The summed E-state index contributed by atoms with van der Waals surface area (Å²) in [5.41, 5.74) is -1.01. The van der Waals surface area contributed by atoms with Crippen molar-refractivity contribution in [2.24, 2.45) is 0 Å². The van der Waals surface area contributed by atoms with Crippen molar-refractivity contribution >= 4 is 5.97 Å². The van der Waals surface area contributed by atoms with E-state index in [-0.39, 0.29) is 6.10 Å². The van der Waals surface area contributed by atoms with Gasteiger partial charge < -0.3 is 14.6 Å². The van der Waals surface area contributed by atoms with Gasteiger partial charge in [0.2, 0.25) is 0 Å². The summed E-state index contributed by atoms with van der Waals surface area (Å²) in [5, 5.41) is 9.15. The predicted molar refractivity (Wildman–Crippen MR) is 51.3 cm³/mol. The largest absolute Gasteiger partial charge is 0.479 e. The molecule has 1 saturated heterocycles. The highest BCUT2D eigenvalue weighted by molar-refractivity contribution is 5.77. The second-order valence-corrected chi connectivity index (χ2v) is 3.75. The van der Waals surface area contributed by atoms with Gasteiger partial charge in [-0.15, -0.1) is 0 Å². The van der Waals surface area contributed by atoms with E-state index in [1.165, 1.54) is 0 Å². The van der Waals surface area contributed by atoms with Gasteiger partial charge in [0.15, 0.2) is 5.60 Å². The number of hydrogen-bond donors (Lipinski definition) is 1. The molecule has 82 valence electrons. The van der Waals surface area contributed by atoms with Gasteiger partial charge in [0.05, 0.1) is 6.10 Å². The molecule has 0 amide bonds. The van der Waals surface area contributed by atoms with E-state index in [4.69, 9.17) is 14.6 Å². The third-order valence-corrected chi connectivity index (χ3v) is 2.69. The van der Waals surface area contributed by atoms with Crippen LogP contribution in [0.5, 0.6) is 0 Å². The first kappa shape index (κ1) is 11.5. The Kier molecular flexibility index (Phi) is 3.89. The van der Waals surface area contributed by atoms with Gasteiger partial charge in [0.1, 0.15) is 0 Å². The molecule has 0 saturated carbocycles. The van der Waals surface area contributed by atoms with Gasteiger partial charge in [-0.25, -0.2) is 4.79 Å². The summed E-state index contributed by atoms with van der Waals surface area (Å²) >= 11 is 0. The minimum absolute atomic E-state index is 0.0100. The van der Waals surface area contributed by atoms with E-state index in [1.54, 1.807) is 0 Å². The number of hydrogen-bond acceptors (Lipinski definition) is 3. The average molecular weight is 202 g/mol. The fourth-order valence-corrected chi connectivity index (χ4v) is 1.55. The van der Waals surface area contributed by atoms with Crippen LogP contribution in [0.25, 0.3) is 0 Å². The van der Waals surface area contributed by atoms with Gasteiger partial charge >= 0.3 is 5.97 Å². The zero-order valence-corrected chi connectivity index (χ0v) is 8.78. The summed E-state index contributed by atoms with van der Waals surface area (Å²) < 4.78 is 10.8. The SMILES string of the molecule is CCC(C)OC1(C(=O)O)CCOCC1. The summed E-state index contributed by atoms with van der Waals surface area (Å²) in [6.45, 7) is 4.84. The van der Waals surface area contributed by atoms with Crippen LogP contribution in [0.2, 0.25) is 0 Å². The van der Waals surface area contributed by atoms with E-state index >= 15 is 0 Å². The van der Waals surface area contributed by atoms with Crippen LogP contribution in [0.3, 0.4) is 0 Å². The molecule has 0 aromatic heterocycles. The predicted octanol–water partition coefficient (Wildman–Crippen LogP) is 1.44. The summed E-state index contributed by atoms with van der Waals surface area (Å²) in [7, 11) is 0. The van der Waals surface area contributed by atoms with E-state index in [9.17, 15) is 4.79 Å². The number of aliphatic carboxylic acids is 1. The molecule has 1 rings (SSSR count). The lowest BCUT2D eigenvalue weighted by molar-refractivity contribution is -0.187. The molecular weight excluding hydrogens is 184 g/mol. The molecule has 1 fully saturated rings. The number of carbonyl (C=O) groups is 1. The minimum atomic E-state index is -1.01. The van der Waals surface area contributed by atoms with Gasteiger partial charge in [-0.2, -0.15) is 0 Å². The first-order valence-corrected chi connectivity index (χ1v) is 5.09. The Morgan fingerprint density at radius 3 is 2.57 bits per heavy atom. The van der Waals surface area contributed by atoms with Crippen LogP contribution in [0.1, 0.15) is 33.1 Å². The Balaban J connectivity index is 2.65. The highest BCUT2D eigenvalue weighted by Crippen LogP contribution is 2.27. The van der Waals surface area contributed by atoms with Crippen molar-refractivity contribution in [2.75, 3.05) is 13.2 Å². The standard InChI is InChI=1S/C10H18O4/c1-3-8(2)14-10(9(11)12)4-6-13-7-5-10/h8H,3-7H2,1-2H3,(H,11,12). The summed E-state index contributed by atoms with van der Waals surface area (Å²) in [4.78, 5) is 11.1. The van der Waals surface area contributed by atoms with Crippen molar-refractivity contribution in [3.8, 4) is 0 Å². The van der Waals surface area contributed by atoms with Crippen molar-refractivity contribution < 1.29 is 19.4 Å². The third kappa shape index (κ3) is 2.45. The van der Waals surface area contributed by atoms with Gasteiger partial charge in [-0.3, -0.25) is 0 Å². The van der Waals surface area contributed by atoms with E-state index in [0.717, 1.165) is 6.42 Å².